The molecule has 0 heterocycles. The average Bonchev–Trinajstić information content (AvgIpc) is 1.87. The molecule has 0 aliphatic rings. The maximum Gasteiger partial charge on any atom is 0.133 e. The van der Waals surface area contributed by atoms with Gasteiger partial charge in [0.25, 0.3) is 0 Å². The van der Waals surface area contributed by atoms with Gasteiger partial charge in [0.15, 0.2) is 0 Å². The molecule has 0 saturated heterocycles. The van der Waals surface area contributed by atoms with Crippen molar-refractivity contribution in [1.29, 1.82) is 0 Å². The number of aldehydes is 1. The zero-order valence-electron chi connectivity index (χ0n) is 7.81. The Balaban J connectivity index is 3.45. The van der Waals surface area contributed by atoms with Crippen LogP contribution in [0.1, 0.15) is 33.6 Å². The maximum atomic E-state index is 9.99. The van der Waals surface area contributed by atoms with Crippen LogP contribution >= 0.6 is 0 Å². The van der Waals surface area contributed by atoms with Gasteiger partial charge in [-0.3, -0.25) is 0 Å². The van der Waals surface area contributed by atoms with Crippen LogP contribution in [0, 0.1) is 5.41 Å². The van der Waals surface area contributed by atoms with E-state index in [1.54, 1.807) is 0 Å². The van der Waals surface area contributed by atoms with Crippen LogP contribution in [0.3, 0.4) is 0 Å². The summed E-state index contributed by atoms with van der Waals surface area (Å²) in [5, 5.41) is 3.09. The van der Waals surface area contributed by atoms with E-state index >= 15 is 0 Å². The number of rotatable bonds is 6. The van der Waals surface area contributed by atoms with E-state index in [1.807, 2.05) is 0 Å². The first-order valence-electron chi connectivity index (χ1n) is 4.27. The molecule has 1 N–H and O–H groups in total. The van der Waals surface area contributed by atoms with Crippen molar-refractivity contribution in [2.45, 2.75) is 33.6 Å². The Bertz CT molecular complexity index is 110. The predicted octanol–water partition coefficient (Wildman–Crippen LogP) is 1.60. The van der Waals surface area contributed by atoms with Gasteiger partial charge in [0.1, 0.15) is 6.29 Å². The lowest BCUT2D eigenvalue weighted by molar-refractivity contribution is -0.107. The van der Waals surface area contributed by atoms with E-state index in [2.05, 4.69) is 26.1 Å². The van der Waals surface area contributed by atoms with Crippen molar-refractivity contribution in [3.05, 3.63) is 0 Å². The van der Waals surface area contributed by atoms with E-state index in [4.69, 9.17) is 0 Å². The van der Waals surface area contributed by atoms with Gasteiger partial charge in [-0.25, -0.2) is 0 Å². The molecule has 0 aromatic rings. The second-order valence-corrected chi connectivity index (χ2v) is 3.71. The number of carbonyl (C=O) groups is 1. The Morgan fingerprint density at radius 1 is 1.45 bits per heavy atom. The molecule has 2 heteroatoms. The molecule has 0 amide bonds. The topological polar surface area (TPSA) is 29.1 Å². The number of hydrogen-bond donors (Lipinski definition) is 1. The largest absolute Gasteiger partial charge is 0.310 e. The van der Waals surface area contributed by atoms with Gasteiger partial charge in [-0.15, -0.1) is 0 Å². The van der Waals surface area contributed by atoms with Crippen LogP contribution in [-0.2, 0) is 4.79 Å². The summed E-state index contributed by atoms with van der Waals surface area (Å²) in [6.07, 6.45) is 3.32. The molecule has 0 spiro atoms. The number of carbonyl (C=O) groups excluding carboxylic acids is 1. The van der Waals surface area contributed by atoms with Crippen molar-refractivity contribution in [2.75, 3.05) is 13.1 Å². The summed E-state index contributed by atoms with van der Waals surface area (Å²) in [5.41, 5.74) is 0.331. The molecule has 11 heavy (non-hydrogen) atoms. The van der Waals surface area contributed by atoms with E-state index in [-0.39, 0.29) is 0 Å². The standard InChI is InChI=1S/C9H19NO/c1-4-5-9(2,3)8-10-6-7-11/h7,10H,4-6,8H2,1-3H3. The van der Waals surface area contributed by atoms with Crippen LogP contribution in [0.15, 0.2) is 0 Å². The molecule has 0 aromatic carbocycles. The fourth-order valence-electron chi connectivity index (χ4n) is 1.23. The quantitative estimate of drug-likeness (QED) is 0.468. The average molecular weight is 157 g/mol. The fourth-order valence-corrected chi connectivity index (χ4v) is 1.23. The summed E-state index contributed by atoms with van der Waals surface area (Å²) in [6.45, 7) is 8.02. The molecule has 0 radical (unpaired) electrons. The minimum Gasteiger partial charge on any atom is -0.310 e. The lowest BCUT2D eigenvalue weighted by atomic mass is 9.88. The smallest absolute Gasteiger partial charge is 0.133 e. The molecule has 66 valence electrons. The highest BCUT2D eigenvalue weighted by Crippen LogP contribution is 2.20. The first-order valence-corrected chi connectivity index (χ1v) is 4.27. The lowest BCUT2D eigenvalue weighted by Crippen LogP contribution is -2.30. The molecule has 0 aliphatic carbocycles. The van der Waals surface area contributed by atoms with E-state index in [1.165, 1.54) is 12.8 Å². The first-order chi connectivity index (χ1) is 5.12. The van der Waals surface area contributed by atoms with Gasteiger partial charge in [-0.05, 0) is 11.8 Å². The van der Waals surface area contributed by atoms with E-state index in [9.17, 15) is 4.79 Å². The van der Waals surface area contributed by atoms with Crippen molar-refractivity contribution in [3.8, 4) is 0 Å². The summed E-state index contributed by atoms with van der Waals surface area (Å²) in [5.74, 6) is 0. The Kier molecular flexibility index (Phi) is 5.12. The van der Waals surface area contributed by atoms with Gasteiger partial charge in [0.2, 0.25) is 0 Å². The van der Waals surface area contributed by atoms with Gasteiger partial charge in [0.05, 0.1) is 6.54 Å². The third kappa shape index (κ3) is 6.05. The summed E-state index contributed by atoms with van der Waals surface area (Å²) in [6, 6.07) is 0. The van der Waals surface area contributed by atoms with Gasteiger partial charge < -0.3 is 10.1 Å². The van der Waals surface area contributed by atoms with E-state index in [0.717, 1.165) is 12.8 Å². The SMILES string of the molecule is CCCC(C)(C)CNCC=O. The lowest BCUT2D eigenvalue weighted by Gasteiger charge is -2.23. The van der Waals surface area contributed by atoms with Crippen LogP contribution in [0.5, 0.6) is 0 Å². The highest BCUT2D eigenvalue weighted by molar-refractivity contribution is 5.51. The molecular weight excluding hydrogens is 138 g/mol. The van der Waals surface area contributed by atoms with Crippen molar-refractivity contribution < 1.29 is 4.79 Å². The first kappa shape index (κ1) is 10.6. The van der Waals surface area contributed by atoms with Crippen LogP contribution < -0.4 is 5.32 Å². The van der Waals surface area contributed by atoms with Crippen LogP contribution in [0.4, 0.5) is 0 Å². The molecule has 0 unspecified atom stereocenters. The second-order valence-electron chi connectivity index (χ2n) is 3.71. The molecule has 0 bridgehead atoms. The van der Waals surface area contributed by atoms with Gasteiger partial charge in [-0.2, -0.15) is 0 Å². The van der Waals surface area contributed by atoms with Gasteiger partial charge >= 0.3 is 0 Å². The summed E-state index contributed by atoms with van der Waals surface area (Å²) in [7, 11) is 0. The van der Waals surface area contributed by atoms with Crippen LogP contribution in [0.2, 0.25) is 0 Å². The molecule has 0 aromatic heterocycles. The highest BCUT2D eigenvalue weighted by Gasteiger charge is 2.14. The minimum absolute atomic E-state index is 0.331. The molecule has 0 fully saturated rings. The van der Waals surface area contributed by atoms with Crippen molar-refractivity contribution in [3.63, 3.8) is 0 Å². The van der Waals surface area contributed by atoms with Crippen molar-refractivity contribution >= 4 is 6.29 Å². The molecule has 0 atom stereocenters. The molecule has 0 aliphatic heterocycles. The normalized spacial score (nSPS) is 11.5. The van der Waals surface area contributed by atoms with Crippen LogP contribution in [0.25, 0.3) is 0 Å². The maximum absolute atomic E-state index is 9.99. The van der Waals surface area contributed by atoms with Gasteiger partial charge in [0, 0.05) is 6.54 Å². The van der Waals surface area contributed by atoms with Crippen molar-refractivity contribution in [2.24, 2.45) is 5.41 Å². The Morgan fingerprint density at radius 3 is 2.55 bits per heavy atom. The fraction of sp³-hybridized carbons (Fsp3) is 0.889. The van der Waals surface area contributed by atoms with E-state index in [0.29, 0.717) is 12.0 Å². The molecule has 0 rings (SSSR count). The zero-order chi connectivity index (χ0) is 8.74. The predicted molar refractivity (Wildman–Crippen MR) is 47.6 cm³/mol. The molecule has 0 saturated carbocycles. The molecular formula is C9H19NO. The van der Waals surface area contributed by atoms with Crippen molar-refractivity contribution in [1.82, 2.24) is 5.32 Å². The Labute approximate surface area is 69.4 Å². The summed E-state index contributed by atoms with van der Waals surface area (Å²) in [4.78, 5) is 9.99. The Morgan fingerprint density at radius 2 is 2.09 bits per heavy atom. The van der Waals surface area contributed by atoms with Crippen LogP contribution in [-0.4, -0.2) is 19.4 Å². The summed E-state index contributed by atoms with van der Waals surface area (Å²) < 4.78 is 0. The minimum atomic E-state index is 0.331. The number of hydrogen-bond acceptors (Lipinski definition) is 2. The van der Waals surface area contributed by atoms with Gasteiger partial charge in [-0.1, -0.05) is 27.2 Å². The highest BCUT2D eigenvalue weighted by atomic mass is 16.1. The zero-order valence-corrected chi connectivity index (χ0v) is 7.81. The second kappa shape index (κ2) is 5.30. The third-order valence-electron chi connectivity index (χ3n) is 1.76. The monoisotopic (exact) mass is 157 g/mol. The Hall–Kier alpha value is -0.370. The third-order valence-corrected chi connectivity index (χ3v) is 1.76. The summed E-state index contributed by atoms with van der Waals surface area (Å²) >= 11 is 0. The molecule has 2 nitrogen and oxygen atoms in total. The van der Waals surface area contributed by atoms with E-state index < -0.39 is 0 Å². The number of nitrogens with one attached hydrogen (secondary N) is 1.